The van der Waals surface area contributed by atoms with Gasteiger partial charge in [-0.3, -0.25) is 0 Å². The molecule has 0 saturated carbocycles. The first-order chi connectivity index (χ1) is 28.8. The maximum Gasteiger partial charge on any atom is 0.417 e. The van der Waals surface area contributed by atoms with Gasteiger partial charge in [0.25, 0.3) is 0 Å². The minimum Gasteiger partial charge on any atom is -0.456 e. The van der Waals surface area contributed by atoms with Crippen molar-refractivity contribution in [2.75, 3.05) is 0 Å². The van der Waals surface area contributed by atoms with Crippen molar-refractivity contribution in [3.8, 4) is 28.6 Å². The Morgan fingerprint density at radius 1 is 0.508 bits per heavy atom. The number of fused-ring (bicyclic) bond motifs is 14. The summed E-state index contributed by atoms with van der Waals surface area (Å²) >= 11 is 0. The van der Waals surface area contributed by atoms with Gasteiger partial charge in [0.1, 0.15) is 34.0 Å². The van der Waals surface area contributed by atoms with E-state index in [0.717, 1.165) is 71.2 Å². The van der Waals surface area contributed by atoms with Crippen LogP contribution >= 0.6 is 0 Å². The zero-order valence-corrected chi connectivity index (χ0v) is 31.2. The van der Waals surface area contributed by atoms with Crippen LogP contribution in [0.2, 0.25) is 0 Å². The predicted molar refractivity (Wildman–Crippen MR) is 230 cm³/mol. The fourth-order valence-electron chi connectivity index (χ4n) is 9.54. The molecule has 0 aliphatic rings. The number of nitrogens with zero attached hydrogens (tertiary/aromatic N) is 3. The van der Waals surface area contributed by atoms with Crippen LogP contribution in [-0.2, 0) is 6.18 Å². The van der Waals surface area contributed by atoms with Crippen LogP contribution in [0, 0.1) is 18.3 Å². The zero-order chi connectivity index (χ0) is 39.7. The molecule has 4 heterocycles. The Bertz CT molecular complexity index is 3610. The molecular weight excluding hydrogens is 744 g/mol. The SMILES string of the molecule is Cc1cccc(C(F)(F)F)c1-c1cc(-n2c3ccccc3c3ccc4oc5ccccc5c4c32)c(C#N)c(-n2c3ccccc3c3ccc4oc5ccccc5c4c32)c1. The first kappa shape index (κ1) is 33.4. The standard InChI is InChI=1S/C51H28F3N3O2/c1-28-11-10-16-37(51(52,53)54)46(28)29-25-40(56-38-17-6-2-12-30(38)32-21-23-44-47(49(32)56)34-14-4-8-19-42(34)58-44)36(27-55)41(26-29)57-39-18-7-3-13-31(39)33-22-24-45-48(50(33)57)35-15-5-9-20-43(35)59-45/h2-26H,1H3. The molecule has 12 aromatic rings. The quantitative estimate of drug-likeness (QED) is 0.180. The number of rotatable bonds is 3. The molecule has 0 saturated heterocycles. The third-order valence-corrected chi connectivity index (χ3v) is 11.9. The first-order valence-electron chi connectivity index (χ1n) is 19.2. The molecule has 0 unspecified atom stereocenters. The lowest BCUT2D eigenvalue weighted by Gasteiger charge is -2.21. The average Bonchev–Trinajstić information content (AvgIpc) is 4.00. The molecule has 0 aliphatic carbocycles. The minimum atomic E-state index is -4.65. The summed E-state index contributed by atoms with van der Waals surface area (Å²) in [7, 11) is 0. The van der Waals surface area contributed by atoms with Gasteiger partial charge in [-0.05, 0) is 90.3 Å². The maximum atomic E-state index is 15.1. The topological polar surface area (TPSA) is 59.9 Å². The predicted octanol–water partition coefficient (Wildman–Crippen LogP) is 14.5. The molecule has 8 aromatic carbocycles. The van der Waals surface area contributed by atoms with Gasteiger partial charge in [0, 0.05) is 32.3 Å². The van der Waals surface area contributed by atoms with Gasteiger partial charge < -0.3 is 18.0 Å². The van der Waals surface area contributed by atoms with Gasteiger partial charge in [0.2, 0.25) is 0 Å². The molecule has 0 aliphatic heterocycles. The lowest BCUT2D eigenvalue weighted by molar-refractivity contribution is -0.137. The Labute approximate surface area is 332 Å². The average molecular weight is 772 g/mol. The summed E-state index contributed by atoms with van der Waals surface area (Å²) < 4.78 is 62.3. The Morgan fingerprint density at radius 2 is 0.983 bits per heavy atom. The first-order valence-corrected chi connectivity index (χ1v) is 19.2. The Balaban J connectivity index is 1.33. The maximum absolute atomic E-state index is 15.1. The van der Waals surface area contributed by atoms with E-state index >= 15 is 13.2 Å². The Hall–Kier alpha value is -7.76. The van der Waals surface area contributed by atoms with Crippen molar-refractivity contribution >= 4 is 87.5 Å². The second-order valence-electron chi connectivity index (χ2n) is 15.1. The van der Waals surface area contributed by atoms with E-state index < -0.39 is 11.7 Å². The van der Waals surface area contributed by atoms with Crippen LogP contribution < -0.4 is 0 Å². The molecule has 59 heavy (non-hydrogen) atoms. The molecule has 0 fully saturated rings. The molecule has 0 spiro atoms. The highest BCUT2D eigenvalue weighted by Gasteiger charge is 2.35. The van der Waals surface area contributed by atoms with E-state index in [1.54, 1.807) is 25.1 Å². The third kappa shape index (κ3) is 4.55. The molecule has 8 heteroatoms. The normalized spacial score (nSPS) is 12.4. The smallest absolute Gasteiger partial charge is 0.417 e. The number of alkyl halides is 3. The molecule has 5 nitrogen and oxygen atoms in total. The van der Waals surface area contributed by atoms with Crippen LogP contribution in [0.4, 0.5) is 13.2 Å². The van der Waals surface area contributed by atoms with Crippen LogP contribution in [0.15, 0.2) is 160 Å². The molecule has 0 N–H and O–H groups in total. The zero-order valence-electron chi connectivity index (χ0n) is 31.2. The van der Waals surface area contributed by atoms with Crippen LogP contribution in [-0.4, -0.2) is 9.13 Å². The Morgan fingerprint density at radius 3 is 1.47 bits per heavy atom. The fraction of sp³-hybridized carbons (Fsp3) is 0.0392. The molecule has 0 amide bonds. The third-order valence-electron chi connectivity index (χ3n) is 11.9. The lowest BCUT2D eigenvalue weighted by Crippen LogP contribution is -2.10. The molecular formula is C51H28F3N3O2. The van der Waals surface area contributed by atoms with Crippen molar-refractivity contribution in [3.63, 3.8) is 0 Å². The molecule has 280 valence electrons. The van der Waals surface area contributed by atoms with E-state index in [4.69, 9.17) is 8.83 Å². The number of aryl methyl sites for hydroxylation is 1. The van der Waals surface area contributed by atoms with Crippen molar-refractivity contribution < 1.29 is 22.0 Å². The van der Waals surface area contributed by atoms with Crippen LogP contribution in [0.25, 0.3) is 110 Å². The van der Waals surface area contributed by atoms with Gasteiger partial charge in [0.15, 0.2) is 0 Å². The van der Waals surface area contributed by atoms with Gasteiger partial charge in [-0.1, -0.05) is 84.9 Å². The number of hydrogen-bond donors (Lipinski definition) is 0. The highest BCUT2D eigenvalue weighted by Crippen LogP contribution is 2.47. The van der Waals surface area contributed by atoms with E-state index in [1.165, 1.54) is 6.07 Å². The van der Waals surface area contributed by atoms with Gasteiger partial charge in [-0.2, -0.15) is 18.4 Å². The van der Waals surface area contributed by atoms with Crippen molar-refractivity contribution in [1.82, 2.24) is 9.13 Å². The summed E-state index contributed by atoms with van der Waals surface area (Å²) in [5.74, 6) is 0. The molecule has 12 rings (SSSR count). The molecule has 0 bridgehead atoms. The van der Waals surface area contributed by atoms with Crippen LogP contribution in [0.3, 0.4) is 0 Å². The van der Waals surface area contributed by atoms with Crippen LogP contribution in [0.5, 0.6) is 0 Å². The second-order valence-corrected chi connectivity index (χ2v) is 15.1. The monoisotopic (exact) mass is 771 g/mol. The molecule has 0 radical (unpaired) electrons. The highest BCUT2D eigenvalue weighted by molar-refractivity contribution is 6.26. The Kier molecular flexibility index (Phi) is 6.73. The van der Waals surface area contributed by atoms with Gasteiger partial charge in [0.05, 0.1) is 49.8 Å². The van der Waals surface area contributed by atoms with Gasteiger partial charge in [-0.25, -0.2) is 0 Å². The highest BCUT2D eigenvalue weighted by atomic mass is 19.4. The number of hydrogen-bond acceptors (Lipinski definition) is 3. The number of aromatic nitrogens is 2. The van der Waals surface area contributed by atoms with Gasteiger partial charge in [-0.15, -0.1) is 0 Å². The molecule has 4 aromatic heterocycles. The second kappa shape index (κ2) is 11.9. The summed E-state index contributed by atoms with van der Waals surface area (Å²) in [6.45, 7) is 1.70. The summed E-state index contributed by atoms with van der Waals surface area (Å²) in [4.78, 5) is 0. The largest absolute Gasteiger partial charge is 0.456 e. The van der Waals surface area contributed by atoms with E-state index in [0.29, 0.717) is 44.8 Å². The van der Waals surface area contributed by atoms with Crippen molar-refractivity contribution in [3.05, 3.63) is 168 Å². The fourth-order valence-corrected chi connectivity index (χ4v) is 9.54. The number of furan rings is 2. The van der Waals surface area contributed by atoms with E-state index in [1.807, 2.05) is 130 Å². The van der Waals surface area contributed by atoms with Crippen molar-refractivity contribution in [2.24, 2.45) is 0 Å². The van der Waals surface area contributed by atoms with Crippen molar-refractivity contribution in [2.45, 2.75) is 13.1 Å². The number of nitriles is 1. The summed E-state index contributed by atoms with van der Waals surface area (Å²) in [6, 6.07) is 49.8. The number of halogens is 3. The van der Waals surface area contributed by atoms with E-state index in [2.05, 4.69) is 6.07 Å². The molecule has 0 atom stereocenters. The summed E-state index contributed by atoms with van der Waals surface area (Å²) in [6.07, 6.45) is -4.65. The number of benzene rings is 8. The number of para-hydroxylation sites is 4. The van der Waals surface area contributed by atoms with E-state index in [-0.39, 0.29) is 11.1 Å². The lowest BCUT2D eigenvalue weighted by atomic mass is 9.92. The van der Waals surface area contributed by atoms with Crippen LogP contribution in [0.1, 0.15) is 16.7 Å². The van der Waals surface area contributed by atoms with E-state index in [9.17, 15) is 5.26 Å². The summed E-state index contributed by atoms with van der Waals surface area (Å²) in [5, 5.41) is 18.8. The van der Waals surface area contributed by atoms with Crippen molar-refractivity contribution in [1.29, 1.82) is 5.26 Å². The minimum absolute atomic E-state index is 0.0475. The van der Waals surface area contributed by atoms with Gasteiger partial charge >= 0.3 is 6.18 Å². The summed E-state index contributed by atoms with van der Waals surface area (Å²) in [5.41, 5.74) is 7.15.